The molecule has 152 valence electrons. The number of benzene rings is 2. The van der Waals surface area contributed by atoms with Crippen molar-refractivity contribution in [1.82, 2.24) is 4.31 Å². The van der Waals surface area contributed by atoms with Crippen LogP contribution in [0.5, 0.6) is 5.75 Å². The van der Waals surface area contributed by atoms with Crippen LogP contribution in [0.4, 0.5) is 5.69 Å². The van der Waals surface area contributed by atoms with Crippen LogP contribution in [0.25, 0.3) is 0 Å². The first-order valence-electron chi connectivity index (χ1n) is 9.08. The number of rotatable bonds is 9. The number of hydrogen-bond donors (Lipinski definition) is 2. The van der Waals surface area contributed by atoms with E-state index in [1.165, 1.54) is 26.2 Å². The zero-order valence-electron chi connectivity index (χ0n) is 16.7. The molecule has 0 aliphatic heterocycles. The number of amides is 1. The first kappa shape index (κ1) is 21.9. The summed E-state index contributed by atoms with van der Waals surface area (Å²) in [6, 6.07) is 14.0. The Hall–Kier alpha value is -2.42. The number of sulfonamides is 1. The third-order valence-electron chi connectivity index (χ3n) is 4.12. The smallest absolute Gasteiger partial charge is 0.279 e. The fourth-order valence-corrected chi connectivity index (χ4v) is 3.58. The lowest BCUT2D eigenvalue weighted by Gasteiger charge is -2.15. The van der Waals surface area contributed by atoms with E-state index in [0.717, 1.165) is 20.5 Å². The Bertz CT molecular complexity index is 879. The van der Waals surface area contributed by atoms with Crippen LogP contribution in [-0.4, -0.2) is 52.9 Å². The van der Waals surface area contributed by atoms with Crippen molar-refractivity contribution in [3.05, 3.63) is 54.1 Å². The summed E-state index contributed by atoms with van der Waals surface area (Å²) in [6.07, 6.45) is 0. The number of hydrogen-bond acceptors (Lipinski definition) is 4. The van der Waals surface area contributed by atoms with Crippen molar-refractivity contribution in [1.29, 1.82) is 0 Å². The predicted octanol–water partition coefficient (Wildman–Crippen LogP) is 0.989. The molecule has 0 radical (unpaired) electrons. The highest BCUT2D eigenvalue weighted by molar-refractivity contribution is 7.89. The SMILES string of the molecule is CCOc1ccc(C[NH+](C)CC(=O)Nc2ccc(S(=O)(=O)N(C)C)cc2)cc1. The number of nitrogens with zero attached hydrogens (tertiary/aromatic N) is 1. The quantitative estimate of drug-likeness (QED) is 0.651. The van der Waals surface area contributed by atoms with Crippen molar-refractivity contribution < 1.29 is 22.8 Å². The van der Waals surface area contributed by atoms with E-state index in [4.69, 9.17) is 4.74 Å². The molecule has 0 aromatic heterocycles. The molecule has 0 aliphatic carbocycles. The van der Waals surface area contributed by atoms with Crippen molar-refractivity contribution in [3.8, 4) is 5.75 Å². The second-order valence-corrected chi connectivity index (χ2v) is 8.90. The molecule has 1 unspecified atom stereocenters. The summed E-state index contributed by atoms with van der Waals surface area (Å²) in [4.78, 5) is 13.5. The molecule has 8 heteroatoms. The lowest BCUT2D eigenvalue weighted by atomic mass is 10.2. The average molecular weight is 407 g/mol. The molecule has 0 spiro atoms. The highest BCUT2D eigenvalue weighted by Gasteiger charge is 2.17. The lowest BCUT2D eigenvalue weighted by Crippen LogP contribution is -3.08. The number of quaternary nitrogens is 1. The van der Waals surface area contributed by atoms with E-state index in [9.17, 15) is 13.2 Å². The molecule has 7 nitrogen and oxygen atoms in total. The van der Waals surface area contributed by atoms with E-state index in [2.05, 4.69) is 5.32 Å². The van der Waals surface area contributed by atoms with Gasteiger partial charge >= 0.3 is 0 Å². The maximum atomic E-state index is 12.3. The second-order valence-electron chi connectivity index (χ2n) is 6.75. The van der Waals surface area contributed by atoms with E-state index in [1.54, 1.807) is 12.1 Å². The van der Waals surface area contributed by atoms with Gasteiger partial charge in [0.15, 0.2) is 6.54 Å². The Labute approximate surface area is 167 Å². The van der Waals surface area contributed by atoms with Crippen molar-refractivity contribution in [2.24, 2.45) is 0 Å². The normalized spacial score (nSPS) is 12.6. The van der Waals surface area contributed by atoms with Gasteiger partial charge in [0.2, 0.25) is 10.0 Å². The van der Waals surface area contributed by atoms with Gasteiger partial charge in [-0.25, -0.2) is 12.7 Å². The van der Waals surface area contributed by atoms with E-state index in [1.807, 2.05) is 38.2 Å². The van der Waals surface area contributed by atoms with Gasteiger partial charge < -0.3 is 15.0 Å². The molecule has 0 saturated heterocycles. The molecule has 2 rings (SSSR count). The Kier molecular flexibility index (Phi) is 7.56. The Morgan fingerprint density at radius 2 is 1.68 bits per heavy atom. The monoisotopic (exact) mass is 406 g/mol. The summed E-state index contributed by atoms with van der Waals surface area (Å²) in [5.74, 6) is 0.702. The van der Waals surface area contributed by atoms with Gasteiger partial charge in [-0.1, -0.05) is 0 Å². The van der Waals surface area contributed by atoms with Crippen molar-refractivity contribution >= 4 is 21.6 Å². The second kappa shape index (κ2) is 9.68. The Balaban J connectivity index is 1.89. The molecule has 0 aliphatic rings. The van der Waals surface area contributed by atoms with Crippen molar-refractivity contribution in [2.45, 2.75) is 18.4 Å². The molecular weight excluding hydrogens is 378 g/mol. The predicted molar refractivity (Wildman–Crippen MR) is 109 cm³/mol. The van der Waals surface area contributed by atoms with Crippen LogP contribution in [0, 0.1) is 0 Å². The number of carbonyl (C=O) groups excluding carboxylic acids is 1. The third-order valence-corrected chi connectivity index (χ3v) is 5.95. The molecular formula is C20H28N3O4S+. The van der Waals surface area contributed by atoms with Gasteiger partial charge in [-0.3, -0.25) is 4.79 Å². The topological polar surface area (TPSA) is 80.1 Å². The average Bonchev–Trinajstić information content (AvgIpc) is 2.63. The van der Waals surface area contributed by atoms with E-state index in [0.29, 0.717) is 25.4 Å². The summed E-state index contributed by atoms with van der Waals surface area (Å²) in [6.45, 7) is 3.58. The van der Waals surface area contributed by atoms with Crippen LogP contribution in [-0.2, 0) is 21.4 Å². The first-order valence-corrected chi connectivity index (χ1v) is 10.5. The summed E-state index contributed by atoms with van der Waals surface area (Å²) in [5.41, 5.74) is 1.68. The Morgan fingerprint density at radius 3 is 2.21 bits per heavy atom. The molecule has 1 amide bonds. The number of nitrogens with one attached hydrogen (secondary N) is 2. The molecule has 28 heavy (non-hydrogen) atoms. The Morgan fingerprint density at radius 1 is 1.07 bits per heavy atom. The van der Waals surface area contributed by atoms with Gasteiger partial charge in [-0.15, -0.1) is 0 Å². The van der Waals surface area contributed by atoms with Crippen LogP contribution in [0.2, 0.25) is 0 Å². The number of carbonyl (C=O) groups is 1. The molecule has 2 N–H and O–H groups in total. The van der Waals surface area contributed by atoms with Crippen LogP contribution < -0.4 is 15.0 Å². The van der Waals surface area contributed by atoms with E-state index in [-0.39, 0.29) is 10.8 Å². The zero-order valence-corrected chi connectivity index (χ0v) is 17.5. The highest BCUT2D eigenvalue weighted by Crippen LogP contribution is 2.16. The van der Waals surface area contributed by atoms with Crippen molar-refractivity contribution in [3.63, 3.8) is 0 Å². The van der Waals surface area contributed by atoms with Crippen molar-refractivity contribution in [2.75, 3.05) is 39.6 Å². The molecule has 0 bridgehead atoms. The minimum absolute atomic E-state index is 0.133. The number of anilines is 1. The van der Waals surface area contributed by atoms with Crippen LogP contribution in [0.1, 0.15) is 12.5 Å². The summed E-state index contributed by atoms with van der Waals surface area (Å²) >= 11 is 0. The minimum atomic E-state index is -3.48. The number of ether oxygens (including phenoxy) is 1. The maximum absolute atomic E-state index is 12.3. The van der Waals surface area contributed by atoms with Gasteiger partial charge in [0.25, 0.3) is 5.91 Å². The lowest BCUT2D eigenvalue weighted by molar-refractivity contribution is -0.885. The van der Waals surface area contributed by atoms with Crippen LogP contribution in [0.3, 0.4) is 0 Å². The van der Waals surface area contributed by atoms with Gasteiger partial charge in [0.05, 0.1) is 18.6 Å². The number of likely N-dealkylation sites (N-methyl/N-ethyl adjacent to an activating group) is 1. The van der Waals surface area contributed by atoms with Gasteiger partial charge in [0, 0.05) is 25.3 Å². The molecule has 1 atom stereocenters. The minimum Gasteiger partial charge on any atom is -0.494 e. The molecule has 2 aromatic rings. The molecule has 0 fully saturated rings. The van der Waals surface area contributed by atoms with Gasteiger partial charge in [0.1, 0.15) is 12.3 Å². The molecule has 0 saturated carbocycles. The zero-order chi connectivity index (χ0) is 20.7. The van der Waals surface area contributed by atoms with E-state index >= 15 is 0 Å². The summed E-state index contributed by atoms with van der Waals surface area (Å²) in [7, 11) is 1.43. The standard InChI is InChI=1S/C20H27N3O4S/c1-5-27-18-10-6-16(7-11-18)14-23(4)15-20(24)21-17-8-12-19(13-9-17)28(25,26)22(2)3/h6-13H,5,14-15H2,1-4H3,(H,21,24)/p+1. The fraction of sp³-hybridized carbons (Fsp3) is 0.350. The fourth-order valence-electron chi connectivity index (χ4n) is 2.68. The molecule has 2 aromatic carbocycles. The largest absolute Gasteiger partial charge is 0.494 e. The highest BCUT2D eigenvalue weighted by atomic mass is 32.2. The maximum Gasteiger partial charge on any atom is 0.279 e. The van der Waals surface area contributed by atoms with Crippen LogP contribution >= 0.6 is 0 Å². The molecule has 0 heterocycles. The first-order chi connectivity index (χ1) is 13.2. The third kappa shape index (κ3) is 6.05. The van der Waals surface area contributed by atoms with Crippen LogP contribution in [0.15, 0.2) is 53.4 Å². The summed E-state index contributed by atoms with van der Waals surface area (Å²) in [5, 5.41) is 2.80. The summed E-state index contributed by atoms with van der Waals surface area (Å²) < 4.78 is 30.7. The van der Waals surface area contributed by atoms with E-state index < -0.39 is 10.0 Å². The van der Waals surface area contributed by atoms with Gasteiger partial charge in [-0.2, -0.15) is 0 Å². The van der Waals surface area contributed by atoms with Gasteiger partial charge in [-0.05, 0) is 55.5 Å².